The first-order valence-corrected chi connectivity index (χ1v) is 5.98. The van der Waals surface area contributed by atoms with Gasteiger partial charge in [-0.3, -0.25) is 0 Å². The number of benzene rings is 2. The Labute approximate surface area is 114 Å². The molecule has 0 amide bonds. The van der Waals surface area contributed by atoms with E-state index < -0.39 is 0 Å². The maximum atomic E-state index is 12.7. The molecule has 2 aromatic rings. The molecule has 94 valence electrons. The molecule has 0 aliphatic carbocycles. The molecule has 0 unspecified atom stereocenters. The predicted molar refractivity (Wildman–Crippen MR) is 71.9 cm³/mol. The van der Waals surface area contributed by atoms with Crippen LogP contribution in [0.1, 0.15) is 5.56 Å². The summed E-state index contributed by atoms with van der Waals surface area (Å²) < 4.78 is 12.7. The predicted octanol–water partition coefficient (Wildman–Crippen LogP) is 4.45. The maximum Gasteiger partial charge on any atom is 0.152 e. The van der Waals surface area contributed by atoms with Gasteiger partial charge in [0.2, 0.25) is 0 Å². The fraction of sp³-hybridized carbons (Fsp3) is 0.0769. The van der Waals surface area contributed by atoms with Crippen molar-refractivity contribution in [3.05, 3.63) is 57.8 Å². The lowest BCUT2D eigenvalue weighted by molar-refractivity contribution is 0.476. The number of rotatable bonds is 3. The summed E-state index contributed by atoms with van der Waals surface area (Å²) in [5.74, 6) is -0.403. The summed E-state index contributed by atoms with van der Waals surface area (Å²) in [5.41, 5.74) is 1.61. The van der Waals surface area contributed by atoms with E-state index in [2.05, 4.69) is 5.32 Å². The zero-order valence-electron chi connectivity index (χ0n) is 9.25. The van der Waals surface area contributed by atoms with Crippen LogP contribution in [0.2, 0.25) is 10.0 Å². The average Bonchev–Trinajstić information content (AvgIpc) is 2.35. The molecule has 0 saturated carbocycles. The Balaban J connectivity index is 2.08. The zero-order chi connectivity index (χ0) is 13.1. The molecular weight excluding hydrogens is 276 g/mol. The highest BCUT2D eigenvalue weighted by molar-refractivity contribution is 6.37. The van der Waals surface area contributed by atoms with Crippen molar-refractivity contribution >= 4 is 28.9 Å². The molecule has 2 aromatic carbocycles. The molecule has 0 radical (unpaired) electrons. The van der Waals surface area contributed by atoms with Crippen LogP contribution in [-0.4, -0.2) is 5.11 Å². The molecule has 18 heavy (non-hydrogen) atoms. The lowest BCUT2D eigenvalue weighted by Gasteiger charge is -2.09. The van der Waals surface area contributed by atoms with Crippen molar-refractivity contribution in [3.8, 4) is 5.75 Å². The largest absolute Gasteiger partial charge is 0.505 e. The number of phenols is 1. The van der Waals surface area contributed by atoms with Crippen LogP contribution >= 0.6 is 23.2 Å². The highest BCUT2D eigenvalue weighted by Gasteiger charge is 2.06. The zero-order valence-corrected chi connectivity index (χ0v) is 10.8. The second-order valence-corrected chi connectivity index (χ2v) is 4.58. The van der Waals surface area contributed by atoms with Gasteiger partial charge in [-0.1, -0.05) is 35.3 Å². The monoisotopic (exact) mass is 285 g/mol. The van der Waals surface area contributed by atoms with E-state index in [-0.39, 0.29) is 21.6 Å². The molecule has 0 spiro atoms. The van der Waals surface area contributed by atoms with Crippen molar-refractivity contribution in [3.63, 3.8) is 0 Å². The van der Waals surface area contributed by atoms with Crippen molar-refractivity contribution in [2.24, 2.45) is 0 Å². The van der Waals surface area contributed by atoms with E-state index in [1.54, 1.807) is 24.3 Å². The molecule has 0 aliphatic heterocycles. The first-order chi connectivity index (χ1) is 8.56. The number of hydrogen-bond donors (Lipinski definition) is 2. The third-order valence-corrected chi connectivity index (χ3v) is 3.00. The minimum atomic E-state index is -0.269. The van der Waals surface area contributed by atoms with Crippen LogP contribution in [0, 0.1) is 5.82 Å². The highest BCUT2D eigenvalue weighted by Crippen LogP contribution is 2.34. The van der Waals surface area contributed by atoms with Gasteiger partial charge in [0.1, 0.15) is 5.82 Å². The van der Waals surface area contributed by atoms with E-state index in [1.165, 1.54) is 12.1 Å². The van der Waals surface area contributed by atoms with Gasteiger partial charge in [0.15, 0.2) is 5.75 Å². The minimum Gasteiger partial charge on any atom is -0.505 e. The van der Waals surface area contributed by atoms with Gasteiger partial charge in [-0.15, -0.1) is 0 Å². The highest BCUT2D eigenvalue weighted by atomic mass is 35.5. The SMILES string of the molecule is Oc1c(Cl)cc(NCc2ccc(F)cc2)cc1Cl. The van der Waals surface area contributed by atoms with Gasteiger partial charge in [0.05, 0.1) is 10.0 Å². The molecular formula is C13H10Cl2FNO. The van der Waals surface area contributed by atoms with Crippen LogP contribution < -0.4 is 5.32 Å². The van der Waals surface area contributed by atoms with Crippen LogP contribution in [0.3, 0.4) is 0 Å². The van der Waals surface area contributed by atoms with Gasteiger partial charge in [-0.05, 0) is 29.8 Å². The topological polar surface area (TPSA) is 32.3 Å². The second-order valence-electron chi connectivity index (χ2n) is 3.77. The lowest BCUT2D eigenvalue weighted by Crippen LogP contribution is -1.99. The molecule has 2 nitrogen and oxygen atoms in total. The van der Waals surface area contributed by atoms with Gasteiger partial charge < -0.3 is 10.4 Å². The Morgan fingerprint density at radius 2 is 1.61 bits per heavy atom. The maximum absolute atomic E-state index is 12.7. The quantitative estimate of drug-likeness (QED) is 0.817. The van der Waals surface area contributed by atoms with Crippen molar-refractivity contribution in [2.75, 3.05) is 5.32 Å². The molecule has 0 heterocycles. The van der Waals surface area contributed by atoms with Crippen LogP contribution in [0.5, 0.6) is 5.75 Å². The number of phenolic OH excluding ortho intramolecular Hbond substituents is 1. The van der Waals surface area contributed by atoms with Gasteiger partial charge in [0.25, 0.3) is 0 Å². The number of aromatic hydroxyl groups is 1. The van der Waals surface area contributed by atoms with E-state index in [0.717, 1.165) is 5.56 Å². The van der Waals surface area contributed by atoms with E-state index in [0.29, 0.717) is 12.2 Å². The van der Waals surface area contributed by atoms with Crippen LogP contribution in [0.25, 0.3) is 0 Å². The van der Waals surface area contributed by atoms with Crippen LogP contribution in [-0.2, 0) is 6.54 Å². The third kappa shape index (κ3) is 3.06. The standard InChI is InChI=1S/C13H10Cl2FNO/c14-11-5-10(6-12(15)13(11)18)17-7-8-1-3-9(16)4-2-8/h1-6,17-18H,7H2. The van der Waals surface area contributed by atoms with Crippen LogP contribution in [0.4, 0.5) is 10.1 Å². The van der Waals surface area contributed by atoms with Gasteiger partial charge in [-0.25, -0.2) is 4.39 Å². The van der Waals surface area contributed by atoms with Gasteiger partial charge >= 0.3 is 0 Å². The molecule has 2 rings (SSSR count). The summed E-state index contributed by atoms with van der Waals surface area (Å²) in [6.45, 7) is 0.512. The minimum absolute atomic E-state index is 0.134. The molecule has 0 saturated heterocycles. The molecule has 0 aliphatic rings. The molecule has 5 heteroatoms. The third-order valence-electron chi connectivity index (χ3n) is 2.43. The summed E-state index contributed by atoms with van der Waals surface area (Å²) in [6, 6.07) is 9.32. The van der Waals surface area contributed by atoms with Gasteiger partial charge in [-0.2, -0.15) is 0 Å². The fourth-order valence-electron chi connectivity index (χ4n) is 1.47. The average molecular weight is 286 g/mol. The van der Waals surface area contributed by atoms with Crippen molar-refractivity contribution in [1.29, 1.82) is 0 Å². The number of nitrogens with one attached hydrogen (secondary N) is 1. The summed E-state index contributed by atoms with van der Waals surface area (Å²) >= 11 is 11.6. The number of anilines is 1. The summed E-state index contributed by atoms with van der Waals surface area (Å²) in [5, 5.41) is 12.9. The first-order valence-electron chi connectivity index (χ1n) is 5.22. The molecule has 0 atom stereocenters. The van der Waals surface area contributed by atoms with E-state index in [9.17, 15) is 9.50 Å². The number of halogens is 3. The Kier molecular flexibility index (Phi) is 3.94. The Morgan fingerprint density at radius 3 is 2.17 bits per heavy atom. The summed E-state index contributed by atoms with van der Waals surface area (Å²) in [6.07, 6.45) is 0. The second kappa shape index (κ2) is 5.46. The van der Waals surface area contributed by atoms with Crippen LogP contribution in [0.15, 0.2) is 36.4 Å². The fourth-order valence-corrected chi connectivity index (χ4v) is 1.96. The summed E-state index contributed by atoms with van der Waals surface area (Å²) in [7, 11) is 0. The van der Waals surface area contributed by atoms with Crippen molar-refractivity contribution < 1.29 is 9.50 Å². The smallest absolute Gasteiger partial charge is 0.152 e. The first kappa shape index (κ1) is 13.0. The number of hydrogen-bond acceptors (Lipinski definition) is 2. The van der Waals surface area contributed by atoms with Crippen molar-refractivity contribution in [1.82, 2.24) is 0 Å². The molecule has 0 fully saturated rings. The van der Waals surface area contributed by atoms with E-state index in [4.69, 9.17) is 23.2 Å². The molecule has 2 N–H and O–H groups in total. The normalized spacial score (nSPS) is 10.4. The van der Waals surface area contributed by atoms with Gasteiger partial charge in [0, 0.05) is 12.2 Å². The van der Waals surface area contributed by atoms with E-state index in [1.807, 2.05) is 0 Å². The van der Waals surface area contributed by atoms with E-state index >= 15 is 0 Å². The van der Waals surface area contributed by atoms with Crippen molar-refractivity contribution in [2.45, 2.75) is 6.54 Å². The molecule has 0 bridgehead atoms. The Hall–Kier alpha value is -1.45. The molecule has 0 aromatic heterocycles. The lowest BCUT2D eigenvalue weighted by atomic mass is 10.2. The Bertz CT molecular complexity index is 534. The summed E-state index contributed by atoms with van der Waals surface area (Å²) in [4.78, 5) is 0. The Morgan fingerprint density at radius 1 is 1.06 bits per heavy atom.